The highest BCUT2D eigenvalue weighted by atomic mass is 16.1. The van der Waals surface area contributed by atoms with E-state index in [1.54, 1.807) is 18.3 Å². The molecule has 0 aliphatic carbocycles. The molecule has 0 saturated heterocycles. The number of carbonyl (C=O) groups excluding carboxylic acids is 1. The predicted octanol–water partition coefficient (Wildman–Crippen LogP) is 5.45. The SMILES string of the molecule is Cc1ccc(NC(=O)c2ccc(Nc3ccnc(-c4ccccc4)n3)cc2)cc1. The first-order valence-electron chi connectivity index (χ1n) is 9.31. The molecular formula is C24H20N4O. The molecule has 4 aromatic rings. The van der Waals surface area contributed by atoms with Crippen molar-refractivity contribution in [3.8, 4) is 11.4 Å². The van der Waals surface area contributed by atoms with E-state index in [2.05, 4.69) is 20.6 Å². The number of benzene rings is 3. The average Bonchev–Trinajstić information content (AvgIpc) is 2.77. The van der Waals surface area contributed by atoms with Gasteiger partial charge in [-0.2, -0.15) is 0 Å². The summed E-state index contributed by atoms with van der Waals surface area (Å²) >= 11 is 0. The first-order valence-corrected chi connectivity index (χ1v) is 9.31. The molecule has 1 aromatic heterocycles. The Kier molecular flexibility index (Phi) is 5.29. The summed E-state index contributed by atoms with van der Waals surface area (Å²) in [6.07, 6.45) is 1.72. The fourth-order valence-corrected chi connectivity index (χ4v) is 2.85. The number of rotatable bonds is 5. The summed E-state index contributed by atoms with van der Waals surface area (Å²) in [5.74, 6) is 1.20. The fourth-order valence-electron chi connectivity index (χ4n) is 2.85. The van der Waals surface area contributed by atoms with Crippen LogP contribution in [0.3, 0.4) is 0 Å². The lowest BCUT2D eigenvalue weighted by Crippen LogP contribution is -2.11. The van der Waals surface area contributed by atoms with Crippen LogP contribution in [-0.4, -0.2) is 15.9 Å². The molecule has 0 radical (unpaired) electrons. The maximum Gasteiger partial charge on any atom is 0.255 e. The summed E-state index contributed by atoms with van der Waals surface area (Å²) in [6.45, 7) is 2.01. The molecular weight excluding hydrogens is 360 g/mol. The standard InChI is InChI=1S/C24H20N4O/c1-17-7-11-21(12-8-17)27-24(29)19-9-13-20(14-10-19)26-22-15-16-25-23(28-22)18-5-3-2-4-6-18/h2-16H,1H3,(H,27,29)(H,25,26,28). The molecule has 5 nitrogen and oxygen atoms in total. The quantitative estimate of drug-likeness (QED) is 0.483. The summed E-state index contributed by atoms with van der Waals surface area (Å²) in [4.78, 5) is 21.3. The van der Waals surface area contributed by atoms with Gasteiger partial charge < -0.3 is 10.6 Å². The highest BCUT2D eigenvalue weighted by molar-refractivity contribution is 6.04. The van der Waals surface area contributed by atoms with Crippen molar-refractivity contribution in [1.82, 2.24) is 9.97 Å². The van der Waals surface area contributed by atoms with Crippen LogP contribution < -0.4 is 10.6 Å². The van der Waals surface area contributed by atoms with Crippen LogP contribution in [0.5, 0.6) is 0 Å². The minimum absolute atomic E-state index is 0.145. The molecule has 2 N–H and O–H groups in total. The number of nitrogens with zero attached hydrogens (tertiary/aromatic N) is 2. The molecule has 0 fully saturated rings. The van der Waals surface area contributed by atoms with E-state index in [1.165, 1.54) is 0 Å². The summed E-state index contributed by atoms with van der Waals surface area (Å²) in [5.41, 5.74) is 4.31. The minimum Gasteiger partial charge on any atom is -0.340 e. The van der Waals surface area contributed by atoms with Crippen LogP contribution in [0.4, 0.5) is 17.2 Å². The van der Waals surface area contributed by atoms with Crippen molar-refractivity contribution in [2.24, 2.45) is 0 Å². The van der Waals surface area contributed by atoms with Crippen LogP contribution in [0.15, 0.2) is 91.1 Å². The van der Waals surface area contributed by atoms with Gasteiger partial charge in [-0.3, -0.25) is 4.79 Å². The van der Waals surface area contributed by atoms with E-state index in [1.807, 2.05) is 79.7 Å². The van der Waals surface area contributed by atoms with Crippen molar-refractivity contribution in [3.63, 3.8) is 0 Å². The van der Waals surface area contributed by atoms with Gasteiger partial charge in [0, 0.05) is 28.7 Å². The molecule has 142 valence electrons. The second-order valence-corrected chi connectivity index (χ2v) is 6.65. The Bertz CT molecular complexity index is 1110. The van der Waals surface area contributed by atoms with E-state index in [9.17, 15) is 4.79 Å². The Hall–Kier alpha value is -3.99. The second-order valence-electron chi connectivity index (χ2n) is 6.65. The normalized spacial score (nSPS) is 10.4. The Balaban J connectivity index is 1.44. The van der Waals surface area contributed by atoms with Crippen molar-refractivity contribution >= 4 is 23.1 Å². The molecule has 0 saturated carbocycles. The molecule has 0 aliphatic heterocycles. The average molecular weight is 380 g/mol. The van der Waals surface area contributed by atoms with E-state index < -0.39 is 0 Å². The molecule has 0 aliphatic rings. The van der Waals surface area contributed by atoms with Crippen molar-refractivity contribution in [1.29, 1.82) is 0 Å². The van der Waals surface area contributed by atoms with Crippen LogP contribution in [0.2, 0.25) is 0 Å². The molecule has 0 unspecified atom stereocenters. The monoisotopic (exact) mass is 380 g/mol. The topological polar surface area (TPSA) is 66.9 Å². The number of aromatic nitrogens is 2. The first kappa shape index (κ1) is 18.4. The molecule has 5 heteroatoms. The van der Waals surface area contributed by atoms with Crippen LogP contribution in [0, 0.1) is 6.92 Å². The molecule has 4 rings (SSSR count). The molecule has 1 heterocycles. The van der Waals surface area contributed by atoms with Gasteiger partial charge in [0.25, 0.3) is 5.91 Å². The van der Waals surface area contributed by atoms with Gasteiger partial charge >= 0.3 is 0 Å². The number of aryl methyl sites for hydroxylation is 1. The van der Waals surface area contributed by atoms with Crippen molar-refractivity contribution < 1.29 is 4.79 Å². The molecule has 29 heavy (non-hydrogen) atoms. The van der Waals surface area contributed by atoms with E-state index in [0.717, 1.165) is 22.5 Å². The zero-order valence-electron chi connectivity index (χ0n) is 16.0. The Morgan fingerprint density at radius 2 is 1.48 bits per heavy atom. The smallest absolute Gasteiger partial charge is 0.255 e. The molecule has 1 amide bonds. The molecule has 0 spiro atoms. The van der Waals surface area contributed by atoms with Gasteiger partial charge in [-0.15, -0.1) is 0 Å². The number of anilines is 3. The number of amides is 1. The predicted molar refractivity (Wildman–Crippen MR) is 116 cm³/mol. The van der Waals surface area contributed by atoms with E-state index in [0.29, 0.717) is 17.2 Å². The van der Waals surface area contributed by atoms with Gasteiger partial charge in [0.1, 0.15) is 5.82 Å². The number of hydrogen-bond acceptors (Lipinski definition) is 4. The van der Waals surface area contributed by atoms with Gasteiger partial charge in [-0.25, -0.2) is 9.97 Å². The van der Waals surface area contributed by atoms with Crippen LogP contribution >= 0.6 is 0 Å². The summed E-state index contributed by atoms with van der Waals surface area (Å²) in [6, 6.07) is 26.6. The zero-order chi connectivity index (χ0) is 20.1. The Labute approximate surface area is 169 Å². The number of nitrogens with one attached hydrogen (secondary N) is 2. The fraction of sp³-hybridized carbons (Fsp3) is 0.0417. The number of carbonyl (C=O) groups is 1. The van der Waals surface area contributed by atoms with Gasteiger partial charge in [0.15, 0.2) is 5.82 Å². The van der Waals surface area contributed by atoms with Gasteiger partial charge in [-0.1, -0.05) is 48.0 Å². The largest absolute Gasteiger partial charge is 0.340 e. The van der Waals surface area contributed by atoms with E-state index in [-0.39, 0.29) is 5.91 Å². The van der Waals surface area contributed by atoms with E-state index in [4.69, 9.17) is 0 Å². The molecule has 0 bridgehead atoms. The van der Waals surface area contributed by atoms with Crippen molar-refractivity contribution in [3.05, 3.63) is 102 Å². The zero-order valence-corrected chi connectivity index (χ0v) is 16.0. The van der Waals surface area contributed by atoms with Crippen LogP contribution in [0.25, 0.3) is 11.4 Å². The third kappa shape index (κ3) is 4.65. The summed E-state index contributed by atoms with van der Waals surface area (Å²) in [5, 5.41) is 6.15. The lowest BCUT2D eigenvalue weighted by Gasteiger charge is -2.09. The minimum atomic E-state index is -0.145. The van der Waals surface area contributed by atoms with Crippen LogP contribution in [-0.2, 0) is 0 Å². The second kappa shape index (κ2) is 8.35. The molecule has 3 aromatic carbocycles. The summed E-state index contributed by atoms with van der Waals surface area (Å²) < 4.78 is 0. The van der Waals surface area contributed by atoms with Crippen molar-refractivity contribution in [2.45, 2.75) is 6.92 Å². The lowest BCUT2D eigenvalue weighted by atomic mass is 10.1. The highest BCUT2D eigenvalue weighted by Gasteiger charge is 2.07. The third-order valence-electron chi connectivity index (χ3n) is 4.42. The van der Waals surface area contributed by atoms with Crippen molar-refractivity contribution in [2.75, 3.05) is 10.6 Å². The maximum atomic E-state index is 12.4. The van der Waals surface area contributed by atoms with Gasteiger partial charge in [0.05, 0.1) is 0 Å². The van der Waals surface area contributed by atoms with E-state index >= 15 is 0 Å². The Morgan fingerprint density at radius 1 is 0.793 bits per heavy atom. The van der Waals surface area contributed by atoms with Gasteiger partial charge in [-0.05, 0) is 49.4 Å². The number of hydrogen-bond donors (Lipinski definition) is 2. The molecule has 0 atom stereocenters. The first-order chi connectivity index (χ1) is 14.2. The van der Waals surface area contributed by atoms with Crippen LogP contribution in [0.1, 0.15) is 15.9 Å². The maximum absolute atomic E-state index is 12.4. The summed E-state index contributed by atoms with van der Waals surface area (Å²) in [7, 11) is 0. The Morgan fingerprint density at radius 3 is 2.21 bits per heavy atom. The lowest BCUT2D eigenvalue weighted by molar-refractivity contribution is 0.102. The van der Waals surface area contributed by atoms with Gasteiger partial charge in [0.2, 0.25) is 0 Å². The third-order valence-corrected chi connectivity index (χ3v) is 4.42. The highest BCUT2D eigenvalue weighted by Crippen LogP contribution is 2.19.